The van der Waals surface area contributed by atoms with Gasteiger partial charge in [0, 0.05) is 0 Å². The Morgan fingerprint density at radius 2 is 2.57 bits per heavy atom. The molecule has 1 nitrogen and oxygen atoms in total. The number of hydrogen-bond acceptors (Lipinski definition) is 1. The molecule has 0 aromatic carbocycles. The number of epoxide rings is 1. The van der Waals surface area contributed by atoms with Gasteiger partial charge < -0.3 is 4.74 Å². The van der Waals surface area contributed by atoms with E-state index in [9.17, 15) is 0 Å². The molecule has 0 amide bonds. The number of ether oxygens (including phenoxy) is 1. The predicted molar refractivity (Wildman–Crippen MR) is 28.9 cm³/mol. The minimum absolute atomic E-state index is 0.456. The van der Waals surface area contributed by atoms with E-state index >= 15 is 0 Å². The first-order valence-corrected chi connectivity index (χ1v) is 2.49. The van der Waals surface area contributed by atoms with Crippen molar-refractivity contribution in [1.29, 1.82) is 0 Å². The summed E-state index contributed by atoms with van der Waals surface area (Å²) in [4.78, 5) is 0. The average Bonchev–Trinajstić information content (AvgIpc) is 2.42. The van der Waals surface area contributed by atoms with Crippen molar-refractivity contribution in [3.63, 3.8) is 0 Å². The third-order valence-electron chi connectivity index (χ3n) is 0.925. The van der Waals surface area contributed by atoms with E-state index in [-0.39, 0.29) is 0 Å². The molecule has 0 saturated carbocycles. The zero-order valence-corrected chi connectivity index (χ0v) is 4.26. The first kappa shape index (κ1) is 4.85. The van der Waals surface area contributed by atoms with E-state index in [4.69, 9.17) is 4.74 Å². The first-order chi connectivity index (χ1) is 3.43. The van der Waals surface area contributed by atoms with Gasteiger partial charge in [-0.2, -0.15) is 0 Å². The summed E-state index contributed by atoms with van der Waals surface area (Å²) in [5.74, 6) is 0. The van der Waals surface area contributed by atoms with Gasteiger partial charge in [-0.3, -0.25) is 0 Å². The van der Waals surface area contributed by atoms with Crippen LogP contribution < -0.4 is 0 Å². The zero-order valence-electron chi connectivity index (χ0n) is 4.26. The number of hydrogen-bond donors (Lipinski definition) is 0. The van der Waals surface area contributed by atoms with Crippen LogP contribution in [0.25, 0.3) is 0 Å². The highest BCUT2D eigenvalue weighted by Gasteiger charge is 2.20. The number of allylic oxidation sites excluding steroid dienone is 1. The SMILES string of the molecule is C=CC[CH]C1CO1. The van der Waals surface area contributed by atoms with Crippen LogP contribution in [0.2, 0.25) is 0 Å². The highest BCUT2D eigenvalue weighted by Crippen LogP contribution is 2.13. The van der Waals surface area contributed by atoms with Gasteiger partial charge in [0.05, 0.1) is 12.7 Å². The molecule has 1 aliphatic rings. The maximum atomic E-state index is 4.91. The van der Waals surface area contributed by atoms with Crippen molar-refractivity contribution in [2.75, 3.05) is 6.61 Å². The fourth-order valence-corrected chi connectivity index (χ4v) is 0.440. The second kappa shape index (κ2) is 2.12. The molecule has 1 fully saturated rings. The lowest BCUT2D eigenvalue weighted by atomic mass is 10.2. The second-order valence-corrected chi connectivity index (χ2v) is 1.63. The van der Waals surface area contributed by atoms with Crippen LogP contribution in [0.4, 0.5) is 0 Å². The molecule has 1 aliphatic heterocycles. The van der Waals surface area contributed by atoms with Crippen LogP contribution in [0.3, 0.4) is 0 Å². The molecule has 0 aliphatic carbocycles. The van der Waals surface area contributed by atoms with E-state index in [2.05, 4.69) is 13.0 Å². The lowest BCUT2D eigenvalue weighted by molar-refractivity contribution is 0.428. The fourth-order valence-electron chi connectivity index (χ4n) is 0.440. The Kier molecular flexibility index (Phi) is 1.47. The minimum Gasteiger partial charge on any atom is -0.373 e. The van der Waals surface area contributed by atoms with Gasteiger partial charge in [-0.25, -0.2) is 0 Å². The molecular weight excluding hydrogens is 88.1 g/mol. The van der Waals surface area contributed by atoms with Gasteiger partial charge >= 0.3 is 0 Å². The Labute approximate surface area is 44.0 Å². The molecule has 39 valence electrons. The quantitative estimate of drug-likeness (QED) is 0.380. The van der Waals surface area contributed by atoms with Crippen molar-refractivity contribution in [3.8, 4) is 0 Å². The highest BCUT2D eigenvalue weighted by atomic mass is 16.6. The Balaban J connectivity index is 1.88. The summed E-state index contributed by atoms with van der Waals surface area (Å²) in [5.41, 5.74) is 0. The van der Waals surface area contributed by atoms with Crippen molar-refractivity contribution in [1.82, 2.24) is 0 Å². The topological polar surface area (TPSA) is 12.5 Å². The molecule has 0 aromatic rings. The minimum atomic E-state index is 0.456. The molecule has 0 aromatic heterocycles. The molecule has 0 N–H and O–H groups in total. The lowest BCUT2D eigenvalue weighted by Gasteiger charge is -1.81. The zero-order chi connectivity index (χ0) is 5.11. The van der Waals surface area contributed by atoms with Crippen molar-refractivity contribution in [3.05, 3.63) is 19.1 Å². The summed E-state index contributed by atoms with van der Waals surface area (Å²) in [6.07, 6.45) is 5.43. The van der Waals surface area contributed by atoms with Crippen LogP contribution in [0.1, 0.15) is 6.42 Å². The van der Waals surface area contributed by atoms with Gasteiger partial charge in [0.25, 0.3) is 0 Å². The smallest absolute Gasteiger partial charge is 0.0844 e. The van der Waals surface area contributed by atoms with Crippen molar-refractivity contribution in [2.24, 2.45) is 0 Å². The van der Waals surface area contributed by atoms with Crippen LogP contribution in [0.5, 0.6) is 0 Å². The molecular formula is C6H9O. The Bertz CT molecular complexity index is 64.6. The summed E-state index contributed by atoms with van der Waals surface area (Å²) in [6.45, 7) is 4.50. The molecule has 0 spiro atoms. The third kappa shape index (κ3) is 1.74. The van der Waals surface area contributed by atoms with E-state index < -0.39 is 0 Å². The van der Waals surface area contributed by atoms with Crippen molar-refractivity contribution < 1.29 is 4.74 Å². The van der Waals surface area contributed by atoms with E-state index in [0.717, 1.165) is 13.0 Å². The van der Waals surface area contributed by atoms with E-state index in [1.165, 1.54) is 0 Å². The fraction of sp³-hybridized carbons (Fsp3) is 0.500. The summed E-state index contributed by atoms with van der Waals surface area (Å²) < 4.78 is 4.91. The highest BCUT2D eigenvalue weighted by molar-refractivity contribution is 4.90. The summed E-state index contributed by atoms with van der Waals surface area (Å²) in [5, 5.41) is 0. The molecule has 0 bridgehead atoms. The van der Waals surface area contributed by atoms with Gasteiger partial charge in [-0.05, 0) is 12.8 Å². The van der Waals surface area contributed by atoms with Gasteiger partial charge in [-0.15, -0.1) is 6.58 Å². The lowest BCUT2D eigenvalue weighted by Crippen LogP contribution is -1.81. The molecule has 1 heteroatoms. The molecule has 1 rings (SSSR count). The summed E-state index contributed by atoms with van der Waals surface area (Å²) in [7, 11) is 0. The monoisotopic (exact) mass is 97.1 g/mol. The maximum absolute atomic E-state index is 4.91. The molecule has 1 radical (unpaired) electrons. The van der Waals surface area contributed by atoms with Crippen LogP contribution in [-0.4, -0.2) is 12.7 Å². The van der Waals surface area contributed by atoms with Gasteiger partial charge in [0.15, 0.2) is 0 Å². The molecule has 1 heterocycles. The van der Waals surface area contributed by atoms with E-state index in [1.807, 2.05) is 6.08 Å². The third-order valence-corrected chi connectivity index (χ3v) is 0.925. The Morgan fingerprint density at radius 1 is 1.86 bits per heavy atom. The summed E-state index contributed by atoms with van der Waals surface area (Å²) >= 11 is 0. The van der Waals surface area contributed by atoms with Crippen LogP contribution >= 0.6 is 0 Å². The normalized spacial score (nSPS) is 27.1. The Morgan fingerprint density at radius 3 is 3.00 bits per heavy atom. The molecule has 1 unspecified atom stereocenters. The van der Waals surface area contributed by atoms with E-state index in [1.54, 1.807) is 0 Å². The van der Waals surface area contributed by atoms with Gasteiger partial charge in [-0.1, -0.05) is 6.08 Å². The van der Waals surface area contributed by atoms with Crippen LogP contribution in [0.15, 0.2) is 12.7 Å². The van der Waals surface area contributed by atoms with E-state index in [0.29, 0.717) is 6.10 Å². The largest absolute Gasteiger partial charge is 0.373 e. The molecule has 7 heavy (non-hydrogen) atoms. The second-order valence-electron chi connectivity index (χ2n) is 1.63. The number of rotatable bonds is 3. The van der Waals surface area contributed by atoms with Crippen LogP contribution in [0, 0.1) is 6.42 Å². The molecule has 1 saturated heterocycles. The average molecular weight is 97.1 g/mol. The van der Waals surface area contributed by atoms with Crippen molar-refractivity contribution >= 4 is 0 Å². The molecule has 1 atom stereocenters. The first-order valence-electron chi connectivity index (χ1n) is 2.49. The van der Waals surface area contributed by atoms with Crippen LogP contribution in [-0.2, 0) is 4.74 Å². The standard InChI is InChI=1S/C6H9O/c1-2-3-4-6-5-7-6/h2,4,6H,1,3,5H2. The van der Waals surface area contributed by atoms with Gasteiger partial charge in [0.1, 0.15) is 0 Å². The summed E-state index contributed by atoms with van der Waals surface area (Å²) in [6, 6.07) is 0. The van der Waals surface area contributed by atoms with Crippen molar-refractivity contribution in [2.45, 2.75) is 12.5 Å². The maximum Gasteiger partial charge on any atom is 0.0844 e. The van der Waals surface area contributed by atoms with Gasteiger partial charge in [0.2, 0.25) is 0 Å². The Hall–Kier alpha value is -0.300. The predicted octanol–water partition coefficient (Wildman–Crippen LogP) is 1.17.